The Balaban J connectivity index is 1.32. The number of aromatic nitrogens is 3. The first kappa shape index (κ1) is 20.9. The molecule has 4 aromatic carbocycles. The fraction of sp³-hybridized carbons (Fsp3) is 0.0667. The number of benzene rings is 4. The minimum Gasteiger partial charge on any atom is -0.486 e. The molecule has 0 fully saturated rings. The van der Waals surface area contributed by atoms with E-state index in [0.717, 1.165) is 44.5 Å². The lowest BCUT2D eigenvalue weighted by Crippen LogP contribution is -2.15. The second-order valence-corrected chi connectivity index (χ2v) is 9.65. The summed E-state index contributed by atoms with van der Waals surface area (Å²) in [6.07, 6.45) is 6.23. The number of hydrogen-bond donors (Lipinski definition) is 0. The molecule has 0 bridgehead atoms. The van der Waals surface area contributed by atoms with Crippen molar-refractivity contribution < 1.29 is 9.47 Å². The van der Waals surface area contributed by atoms with Gasteiger partial charge in [0, 0.05) is 22.7 Å². The van der Waals surface area contributed by atoms with Crippen LogP contribution in [0.15, 0.2) is 91.1 Å². The SMILES string of the molecule is C(=Cc1cn(-c2ccccc2)nc1-c1ccc2c(c1)OCCO2)c1nc2c(ccc3ccccc32)s1. The van der Waals surface area contributed by atoms with Crippen molar-refractivity contribution in [1.29, 1.82) is 0 Å². The van der Waals surface area contributed by atoms with Crippen LogP contribution in [0.5, 0.6) is 11.5 Å². The molecule has 5 nitrogen and oxygen atoms in total. The van der Waals surface area contributed by atoms with Crippen LogP contribution in [0.1, 0.15) is 10.6 Å². The van der Waals surface area contributed by atoms with Crippen molar-refractivity contribution in [3.8, 4) is 28.4 Å². The maximum absolute atomic E-state index is 5.83. The maximum atomic E-state index is 5.83. The molecule has 1 aliphatic rings. The monoisotopic (exact) mass is 487 g/mol. The number of para-hydroxylation sites is 1. The summed E-state index contributed by atoms with van der Waals surface area (Å²) >= 11 is 1.69. The minimum atomic E-state index is 0.550. The van der Waals surface area contributed by atoms with Gasteiger partial charge in [-0.2, -0.15) is 5.10 Å². The van der Waals surface area contributed by atoms with Crippen LogP contribution in [-0.4, -0.2) is 28.0 Å². The van der Waals surface area contributed by atoms with E-state index < -0.39 is 0 Å². The van der Waals surface area contributed by atoms with Gasteiger partial charge in [-0.15, -0.1) is 11.3 Å². The molecule has 1 aliphatic heterocycles. The third kappa shape index (κ3) is 3.72. The van der Waals surface area contributed by atoms with Crippen LogP contribution < -0.4 is 9.47 Å². The van der Waals surface area contributed by atoms with Crippen molar-refractivity contribution >= 4 is 44.5 Å². The molecule has 6 aromatic rings. The van der Waals surface area contributed by atoms with Crippen molar-refractivity contribution in [2.75, 3.05) is 13.2 Å². The molecule has 0 spiro atoms. The largest absolute Gasteiger partial charge is 0.486 e. The van der Waals surface area contributed by atoms with Gasteiger partial charge in [0.25, 0.3) is 0 Å². The van der Waals surface area contributed by atoms with E-state index in [1.807, 2.05) is 53.2 Å². The lowest BCUT2D eigenvalue weighted by molar-refractivity contribution is 0.171. The number of thiazole rings is 1. The summed E-state index contributed by atoms with van der Waals surface area (Å²) in [5, 5.41) is 8.29. The van der Waals surface area contributed by atoms with Crippen LogP contribution in [0.25, 0.3) is 50.1 Å². The zero-order valence-corrected chi connectivity index (χ0v) is 20.1. The molecular formula is C30H21N3O2S. The highest BCUT2D eigenvalue weighted by molar-refractivity contribution is 7.19. The van der Waals surface area contributed by atoms with Gasteiger partial charge < -0.3 is 9.47 Å². The molecule has 6 heteroatoms. The zero-order valence-electron chi connectivity index (χ0n) is 19.3. The summed E-state index contributed by atoms with van der Waals surface area (Å²) in [6, 6.07) is 28.8. The third-order valence-electron chi connectivity index (χ3n) is 6.28. The standard InChI is InChI=1S/C30H21N3O2S/c1-2-7-23(8-3-1)33-19-22(29(32-33)21-10-13-25-26(18-21)35-17-16-34-25)12-15-28-31-30-24-9-5-4-6-20(24)11-14-27(30)36-28/h1-15,18-19H,16-17H2. The van der Waals surface area contributed by atoms with E-state index in [2.05, 4.69) is 54.7 Å². The Morgan fingerprint density at radius 2 is 1.64 bits per heavy atom. The number of rotatable bonds is 4. The average molecular weight is 488 g/mol. The topological polar surface area (TPSA) is 49.2 Å². The summed E-state index contributed by atoms with van der Waals surface area (Å²) in [4.78, 5) is 4.95. The number of hydrogen-bond acceptors (Lipinski definition) is 5. The highest BCUT2D eigenvalue weighted by Crippen LogP contribution is 2.36. The lowest BCUT2D eigenvalue weighted by Gasteiger charge is -2.18. The normalized spacial score (nSPS) is 13.1. The van der Waals surface area contributed by atoms with Gasteiger partial charge in [-0.3, -0.25) is 0 Å². The Labute approximate surface area is 211 Å². The molecule has 0 radical (unpaired) electrons. The van der Waals surface area contributed by atoms with E-state index in [9.17, 15) is 0 Å². The highest BCUT2D eigenvalue weighted by Gasteiger charge is 2.16. The Bertz CT molecular complexity index is 1750. The Morgan fingerprint density at radius 3 is 2.56 bits per heavy atom. The van der Waals surface area contributed by atoms with Gasteiger partial charge in [-0.05, 0) is 53.9 Å². The molecule has 7 rings (SSSR count). The fourth-order valence-electron chi connectivity index (χ4n) is 4.55. The average Bonchev–Trinajstić information content (AvgIpc) is 3.57. The molecule has 0 amide bonds. The Morgan fingerprint density at radius 1 is 0.806 bits per heavy atom. The molecule has 0 unspecified atom stereocenters. The van der Waals surface area contributed by atoms with Gasteiger partial charge in [0.15, 0.2) is 11.5 Å². The lowest BCUT2D eigenvalue weighted by atomic mass is 10.1. The second kappa shape index (κ2) is 8.66. The van der Waals surface area contributed by atoms with E-state index in [-0.39, 0.29) is 0 Å². The summed E-state index contributed by atoms with van der Waals surface area (Å²) in [7, 11) is 0. The van der Waals surface area contributed by atoms with Crippen molar-refractivity contribution in [1.82, 2.24) is 14.8 Å². The molecule has 36 heavy (non-hydrogen) atoms. The number of nitrogens with zero attached hydrogens (tertiary/aromatic N) is 3. The van der Waals surface area contributed by atoms with E-state index in [1.165, 1.54) is 15.5 Å². The van der Waals surface area contributed by atoms with Crippen LogP contribution in [0.2, 0.25) is 0 Å². The van der Waals surface area contributed by atoms with Crippen molar-refractivity contribution in [2.45, 2.75) is 0 Å². The van der Waals surface area contributed by atoms with Crippen LogP contribution in [0, 0.1) is 0 Å². The number of ether oxygens (including phenoxy) is 2. The van der Waals surface area contributed by atoms with Crippen molar-refractivity contribution in [2.24, 2.45) is 0 Å². The second-order valence-electron chi connectivity index (χ2n) is 8.59. The summed E-state index contributed by atoms with van der Waals surface area (Å²) in [5.41, 5.74) is 4.90. The molecule has 0 aliphatic carbocycles. The Kier molecular flexibility index (Phi) is 5.03. The van der Waals surface area contributed by atoms with Gasteiger partial charge in [-0.25, -0.2) is 9.67 Å². The number of fused-ring (bicyclic) bond motifs is 4. The van der Waals surface area contributed by atoms with Gasteiger partial charge in [0.2, 0.25) is 0 Å². The van der Waals surface area contributed by atoms with Crippen molar-refractivity contribution in [3.05, 3.63) is 102 Å². The molecule has 0 saturated carbocycles. The van der Waals surface area contributed by atoms with Gasteiger partial charge in [-0.1, -0.05) is 48.5 Å². The first-order valence-corrected chi connectivity index (χ1v) is 12.6. The molecule has 0 N–H and O–H groups in total. The first-order chi connectivity index (χ1) is 17.8. The Hall–Kier alpha value is -4.42. The van der Waals surface area contributed by atoms with Crippen LogP contribution >= 0.6 is 11.3 Å². The summed E-state index contributed by atoms with van der Waals surface area (Å²) in [6.45, 7) is 1.12. The molecule has 0 atom stereocenters. The minimum absolute atomic E-state index is 0.550. The molecule has 2 aromatic heterocycles. The molecule has 0 saturated heterocycles. The first-order valence-electron chi connectivity index (χ1n) is 11.8. The van der Waals surface area contributed by atoms with Crippen LogP contribution in [-0.2, 0) is 0 Å². The van der Waals surface area contributed by atoms with Crippen molar-refractivity contribution in [3.63, 3.8) is 0 Å². The zero-order chi connectivity index (χ0) is 23.9. The molecular weight excluding hydrogens is 466 g/mol. The van der Waals surface area contributed by atoms with Crippen LogP contribution in [0.4, 0.5) is 0 Å². The fourth-order valence-corrected chi connectivity index (χ4v) is 5.43. The smallest absolute Gasteiger partial charge is 0.162 e. The summed E-state index contributed by atoms with van der Waals surface area (Å²) in [5.74, 6) is 1.52. The van der Waals surface area contributed by atoms with E-state index in [0.29, 0.717) is 13.2 Å². The maximum Gasteiger partial charge on any atom is 0.162 e. The highest BCUT2D eigenvalue weighted by atomic mass is 32.1. The molecule has 174 valence electrons. The quantitative estimate of drug-likeness (QED) is 0.263. The molecule has 3 heterocycles. The summed E-state index contributed by atoms with van der Waals surface area (Å²) < 4.78 is 14.6. The predicted molar refractivity (Wildman–Crippen MR) is 146 cm³/mol. The van der Waals surface area contributed by atoms with E-state index in [1.54, 1.807) is 11.3 Å². The van der Waals surface area contributed by atoms with E-state index in [4.69, 9.17) is 19.6 Å². The van der Waals surface area contributed by atoms with Gasteiger partial charge >= 0.3 is 0 Å². The third-order valence-corrected chi connectivity index (χ3v) is 7.27. The van der Waals surface area contributed by atoms with Gasteiger partial charge in [0.05, 0.1) is 15.9 Å². The van der Waals surface area contributed by atoms with E-state index >= 15 is 0 Å². The van der Waals surface area contributed by atoms with Crippen LogP contribution in [0.3, 0.4) is 0 Å². The van der Waals surface area contributed by atoms with Gasteiger partial charge in [0.1, 0.15) is 23.9 Å². The predicted octanol–water partition coefficient (Wildman–Crippen LogP) is 7.24.